The van der Waals surface area contributed by atoms with Crippen molar-refractivity contribution in [3.8, 4) is 0 Å². The Balaban J connectivity index is 3.83. The first kappa shape index (κ1) is 8.58. The third-order valence-electron chi connectivity index (χ3n) is 0.636. The topological polar surface area (TPSA) is 49.3 Å². The van der Waals surface area contributed by atoms with Crippen molar-refractivity contribution in [3.05, 3.63) is 0 Å². The third-order valence-corrected chi connectivity index (χ3v) is 0.871. The number of carbonyl (C=O) groups is 1. The van der Waals surface area contributed by atoms with Crippen LogP contribution in [0.4, 0.5) is 8.78 Å². The van der Waals surface area contributed by atoms with Gasteiger partial charge in [-0.15, -0.1) is 0 Å². The summed E-state index contributed by atoms with van der Waals surface area (Å²) in [4.78, 5) is 11.2. The number of halogens is 3. The highest BCUT2D eigenvalue weighted by Crippen LogP contribution is 2.00. The summed E-state index contributed by atoms with van der Waals surface area (Å²) in [6.07, 6.45) is -2.99. The summed E-state index contributed by atoms with van der Waals surface area (Å²) in [5.74, 6) is -1.67. The van der Waals surface area contributed by atoms with E-state index in [1.807, 2.05) is 0 Å². The number of rotatable bonds is 3. The van der Waals surface area contributed by atoms with E-state index in [2.05, 4.69) is 11.8 Å². The highest BCUT2D eigenvalue weighted by atomic mass is 35.5. The molecule has 1 atom stereocenters. The predicted octanol–water partition coefficient (Wildman–Crippen LogP) is 0.448. The van der Waals surface area contributed by atoms with Crippen molar-refractivity contribution in [2.75, 3.05) is 0 Å². The molecule has 0 aromatic rings. The average molecular weight is 160 g/mol. The maximum Gasteiger partial charge on any atom is 0.327 e. The fraction of sp³-hybridized carbons (Fsp3) is 0.667. The summed E-state index contributed by atoms with van der Waals surface area (Å²) < 4.78 is 22.8. The van der Waals surface area contributed by atoms with E-state index in [-0.39, 0.29) is 0 Å². The molecule has 0 bridgehead atoms. The van der Waals surface area contributed by atoms with Crippen molar-refractivity contribution < 1.29 is 18.7 Å². The molecule has 0 saturated carbocycles. The number of aliphatic carboxylic acids is 1. The normalized spacial score (nSPS) is 13.8. The maximum atomic E-state index is 11.4. The zero-order chi connectivity index (χ0) is 7.44. The molecular weight excluding hydrogens is 155 g/mol. The van der Waals surface area contributed by atoms with Crippen LogP contribution in [-0.2, 0) is 4.79 Å². The van der Waals surface area contributed by atoms with Gasteiger partial charge in [0.15, 0.2) is 6.04 Å². The van der Waals surface area contributed by atoms with Gasteiger partial charge in [-0.1, -0.05) is 0 Å². The number of carboxylic acid groups (broad SMARTS) is 1. The van der Waals surface area contributed by atoms with E-state index in [4.69, 9.17) is 5.11 Å². The molecule has 0 spiro atoms. The molecule has 0 radical (unpaired) electrons. The molecule has 0 aliphatic rings. The molecule has 54 valence electrons. The molecule has 2 N–H and O–H groups in total. The van der Waals surface area contributed by atoms with E-state index < -0.39 is 18.4 Å². The zero-order valence-electron chi connectivity index (χ0n) is 4.14. The molecule has 0 saturated heterocycles. The molecule has 9 heavy (non-hydrogen) atoms. The number of hydrogen-bond acceptors (Lipinski definition) is 2. The highest BCUT2D eigenvalue weighted by Gasteiger charge is 2.26. The van der Waals surface area contributed by atoms with Crippen molar-refractivity contribution in [1.29, 1.82) is 0 Å². The van der Waals surface area contributed by atoms with Crippen LogP contribution in [0.2, 0.25) is 0 Å². The van der Waals surface area contributed by atoms with Crippen LogP contribution in [0.15, 0.2) is 0 Å². The maximum absolute atomic E-state index is 11.4. The molecule has 0 aromatic heterocycles. The van der Waals surface area contributed by atoms with Gasteiger partial charge in [0.05, 0.1) is 0 Å². The SMILES string of the molecule is O=C(O)[C@H](NCl)C(F)F. The van der Waals surface area contributed by atoms with Crippen LogP contribution >= 0.6 is 11.8 Å². The first-order valence-electron chi connectivity index (χ1n) is 1.96. The Hall–Kier alpha value is -0.420. The summed E-state index contributed by atoms with van der Waals surface area (Å²) in [5.41, 5.74) is 0. The number of hydrogen-bond donors (Lipinski definition) is 2. The second kappa shape index (κ2) is 3.58. The third kappa shape index (κ3) is 2.57. The molecule has 0 aromatic carbocycles. The van der Waals surface area contributed by atoms with Gasteiger partial charge in [0.2, 0.25) is 0 Å². The lowest BCUT2D eigenvalue weighted by Gasteiger charge is -2.05. The van der Waals surface area contributed by atoms with Crippen molar-refractivity contribution >= 4 is 17.7 Å². The summed E-state index contributed by atoms with van der Waals surface area (Å²) in [6, 6.07) is -1.98. The smallest absolute Gasteiger partial charge is 0.327 e. The fourth-order valence-corrected chi connectivity index (χ4v) is 0.391. The van der Waals surface area contributed by atoms with Gasteiger partial charge in [-0.2, -0.15) is 0 Å². The van der Waals surface area contributed by atoms with Crippen LogP contribution in [0, 0.1) is 0 Å². The van der Waals surface area contributed by atoms with E-state index in [0.29, 0.717) is 0 Å². The molecule has 0 fully saturated rings. The summed E-state index contributed by atoms with van der Waals surface area (Å²) >= 11 is 4.65. The van der Waals surface area contributed by atoms with Gasteiger partial charge >= 0.3 is 5.97 Å². The minimum absolute atomic E-state index is 1.42. The van der Waals surface area contributed by atoms with E-state index in [9.17, 15) is 13.6 Å². The first-order chi connectivity index (χ1) is 4.09. The van der Waals surface area contributed by atoms with Crippen molar-refractivity contribution in [2.45, 2.75) is 12.5 Å². The number of nitrogens with one attached hydrogen (secondary N) is 1. The zero-order valence-corrected chi connectivity index (χ0v) is 4.90. The molecule has 0 aliphatic carbocycles. The Morgan fingerprint density at radius 1 is 1.67 bits per heavy atom. The number of carboxylic acids is 1. The molecule has 0 rings (SSSR count). The molecule has 3 nitrogen and oxygen atoms in total. The summed E-state index contributed by atoms with van der Waals surface area (Å²) in [6.45, 7) is 0. The van der Waals surface area contributed by atoms with Gasteiger partial charge in [0.1, 0.15) is 0 Å². The summed E-state index contributed by atoms with van der Waals surface area (Å²) in [7, 11) is 0. The van der Waals surface area contributed by atoms with Crippen LogP contribution in [0.5, 0.6) is 0 Å². The quantitative estimate of drug-likeness (QED) is 0.588. The van der Waals surface area contributed by atoms with Crippen LogP contribution in [0.3, 0.4) is 0 Å². The lowest BCUT2D eigenvalue weighted by molar-refractivity contribution is -0.142. The fourth-order valence-electron chi connectivity index (χ4n) is 0.202. The lowest BCUT2D eigenvalue weighted by atomic mass is 10.3. The van der Waals surface area contributed by atoms with Gasteiger partial charge in [0, 0.05) is 0 Å². The molecular formula is C3H4ClF2NO2. The van der Waals surface area contributed by atoms with Crippen LogP contribution in [0.25, 0.3) is 0 Å². The average Bonchev–Trinajstić information content (AvgIpc) is 1.64. The Labute approximate surface area is 54.7 Å². The van der Waals surface area contributed by atoms with Crippen molar-refractivity contribution in [1.82, 2.24) is 4.84 Å². The molecule has 0 heterocycles. The molecule has 6 heteroatoms. The first-order valence-corrected chi connectivity index (χ1v) is 2.34. The van der Waals surface area contributed by atoms with E-state index in [1.54, 1.807) is 0 Å². The largest absolute Gasteiger partial charge is 0.480 e. The Morgan fingerprint density at radius 2 is 2.11 bits per heavy atom. The standard InChI is InChI=1S/C3H4ClF2NO2/c4-7-1(2(5)6)3(8)9/h1-2,7H,(H,8,9)/t1-/m1/s1. The molecule has 0 amide bonds. The lowest BCUT2D eigenvalue weighted by Crippen LogP contribution is -2.37. The Kier molecular flexibility index (Phi) is 3.41. The van der Waals surface area contributed by atoms with Crippen LogP contribution in [-0.4, -0.2) is 23.5 Å². The van der Waals surface area contributed by atoms with Crippen molar-refractivity contribution in [3.63, 3.8) is 0 Å². The molecule has 0 aliphatic heterocycles. The molecule has 0 unspecified atom stereocenters. The van der Waals surface area contributed by atoms with Gasteiger partial charge in [-0.05, 0) is 11.8 Å². The minimum atomic E-state index is -2.99. The highest BCUT2D eigenvalue weighted by molar-refractivity contribution is 6.14. The second-order valence-electron chi connectivity index (χ2n) is 1.26. The second-order valence-corrected chi connectivity index (χ2v) is 1.48. The van der Waals surface area contributed by atoms with Gasteiger partial charge in [-0.25, -0.2) is 13.6 Å². The monoisotopic (exact) mass is 159 g/mol. The Bertz CT molecular complexity index is 110. The van der Waals surface area contributed by atoms with E-state index in [1.165, 1.54) is 4.84 Å². The predicted molar refractivity (Wildman–Crippen MR) is 26.4 cm³/mol. The van der Waals surface area contributed by atoms with Crippen LogP contribution < -0.4 is 4.84 Å². The number of alkyl halides is 2. The minimum Gasteiger partial charge on any atom is -0.480 e. The van der Waals surface area contributed by atoms with Gasteiger partial charge < -0.3 is 5.11 Å². The van der Waals surface area contributed by atoms with Gasteiger partial charge in [0.25, 0.3) is 6.43 Å². The Morgan fingerprint density at radius 3 is 2.11 bits per heavy atom. The van der Waals surface area contributed by atoms with Crippen molar-refractivity contribution in [2.24, 2.45) is 0 Å². The van der Waals surface area contributed by atoms with Gasteiger partial charge in [-0.3, -0.25) is 4.79 Å². The van der Waals surface area contributed by atoms with E-state index in [0.717, 1.165) is 0 Å². The van der Waals surface area contributed by atoms with Crippen LogP contribution in [0.1, 0.15) is 0 Å². The summed E-state index contributed by atoms with van der Waals surface area (Å²) in [5, 5.41) is 7.92. The van der Waals surface area contributed by atoms with E-state index >= 15 is 0 Å².